The highest BCUT2D eigenvalue weighted by Gasteiger charge is 2.26. The van der Waals surface area contributed by atoms with E-state index in [0.29, 0.717) is 31.0 Å². The molecule has 0 fully saturated rings. The van der Waals surface area contributed by atoms with Gasteiger partial charge < -0.3 is 14.8 Å². The SMILES string of the molecule is O=C(/C=C/c1ccc2c(c1)OCO2)NCCS(=O)(=O)N1CCc2ccccc2C1. The molecular weight excluding hydrogens is 392 g/mol. The smallest absolute Gasteiger partial charge is 0.244 e. The Morgan fingerprint density at radius 1 is 1.10 bits per heavy atom. The standard InChI is InChI=1S/C21H22N2O5S/c24-21(8-6-16-5-7-19-20(13-16)28-15-27-19)22-10-12-29(25,26)23-11-9-17-3-1-2-4-18(17)14-23/h1-8,13H,9-12,14-15H2,(H,22,24)/b8-6+. The van der Waals surface area contributed by atoms with Crippen molar-refractivity contribution in [3.05, 3.63) is 65.2 Å². The molecule has 7 nitrogen and oxygen atoms in total. The van der Waals surface area contributed by atoms with Gasteiger partial charge in [-0.15, -0.1) is 0 Å². The number of benzene rings is 2. The lowest BCUT2D eigenvalue weighted by Gasteiger charge is -2.28. The summed E-state index contributed by atoms with van der Waals surface area (Å²) in [6.07, 6.45) is 3.73. The fourth-order valence-corrected chi connectivity index (χ4v) is 4.71. The quantitative estimate of drug-likeness (QED) is 0.730. The second-order valence-corrected chi connectivity index (χ2v) is 8.99. The van der Waals surface area contributed by atoms with Gasteiger partial charge in [0.25, 0.3) is 0 Å². The molecule has 2 aromatic rings. The van der Waals surface area contributed by atoms with Crippen molar-refractivity contribution in [2.24, 2.45) is 0 Å². The predicted octanol–water partition coefficient (Wildman–Crippen LogP) is 1.93. The van der Waals surface area contributed by atoms with Gasteiger partial charge in [-0.25, -0.2) is 8.42 Å². The monoisotopic (exact) mass is 414 g/mol. The molecule has 2 aliphatic rings. The van der Waals surface area contributed by atoms with Crippen molar-refractivity contribution >= 4 is 22.0 Å². The summed E-state index contributed by atoms with van der Waals surface area (Å²) in [6, 6.07) is 13.3. The lowest BCUT2D eigenvalue weighted by atomic mass is 10.0. The molecule has 0 aliphatic carbocycles. The zero-order valence-corrected chi connectivity index (χ0v) is 16.7. The topological polar surface area (TPSA) is 84.9 Å². The largest absolute Gasteiger partial charge is 0.454 e. The number of hydrogen-bond donors (Lipinski definition) is 1. The van der Waals surface area contributed by atoms with Crippen LogP contribution in [0.5, 0.6) is 11.5 Å². The predicted molar refractivity (Wildman–Crippen MR) is 109 cm³/mol. The highest BCUT2D eigenvalue weighted by atomic mass is 32.2. The number of rotatable bonds is 6. The maximum absolute atomic E-state index is 12.6. The van der Waals surface area contributed by atoms with Gasteiger partial charge in [-0.2, -0.15) is 4.31 Å². The third-order valence-electron chi connectivity index (χ3n) is 4.97. The lowest BCUT2D eigenvalue weighted by molar-refractivity contribution is -0.116. The highest BCUT2D eigenvalue weighted by molar-refractivity contribution is 7.89. The van der Waals surface area contributed by atoms with E-state index >= 15 is 0 Å². The molecule has 0 unspecified atom stereocenters. The Kier molecular flexibility index (Phi) is 5.55. The van der Waals surface area contributed by atoms with Crippen LogP contribution < -0.4 is 14.8 Å². The number of hydrogen-bond acceptors (Lipinski definition) is 5. The van der Waals surface area contributed by atoms with Gasteiger partial charge in [-0.05, 0) is 41.3 Å². The third kappa shape index (κ3) is 4.60. The second kappa shape index (κ2) is 8.26. The minimum Gasteiger partial charge on any atom is -0.454 e. The van der Waals surface area contributed by atoms with Crippen molar-refractivity contribution in [1.82, 2.24) is 9.62 Å². The van der Waals surface area contributed by atoms with Crippen LogP contribution in [0.3, 0.4) is 0 Å². The normalized spacial score (nSPS) is 16.0. The van der Waals surface area contributed by atoms with Crippen LogP contribution in [-0.2, 0) is 27.8 Å². The summed E-state index contributed by atoms with van der Waals surface area (Å²) >= 11 is 0. The number of carbonyl (C=O) groups is 1. The van der Waals surface area contributed by atoms with Crippen LogP contribution >= 0.6 is 0 Å². The van der Waals surface area contributed by atoms with E-state index in [-0.39, 0.29) is 25.0 Å². The Morgan fingerprint density at radius 3 is 2.76 bits per heavy atom. The average Bonchev–Trinajstić information content (AvgIpc) is 3.19. The summed E-state index contributed by atoms with van der Waals surface area (Å²) < 4.78 is 37.2. The summed E-state index contributed by atoms with van der Waals surface area (Å²) in [7, 11) is -3.43. The number of fused-ring (bicyclic) bond motifs is 2. The summed E-state index contributed by atoms with van der Waals surface area (Å²) in [6.45, 7) is 1.11. The second-order valence-electron chi connectivity index (χ2n) is 6.91. The molecule has 1 N–H and O–H groups in total. The van der Waals surface area contributed by atoms with Crippen molar-refractivity contribution in [2.45, 2.75) is 13.0 Å². The van der Waals surface area contributed by atoms with E-state index in [1.54, 1.807) is 18.2 Å². The molecule has 152 valence electrons. The van der Waals surface area contributed by atoms with E-state index in [2.05, 4.69) is 5.32 Å². The highest BCUT2D eigenvalue weighted by Crippen LogP contribution is 2.32. The first-order chi connectivity index (χ1) is 14.0. The van der Waals surface area contributed by atoms with E-state index in [1.165, 1.54) is 15.9 Å². The van der Waals surface area contributed by atoms with Gasteiger partial charge in [-0.3, -0.25) is 4.79 Å². The fourth-order valence-electron chi connectivity index (χ4n) is 3.39. The number of ether oxygens (including phenoxy) is 2. The van der Waals surface area contributed by atoms with Gasteiger partial charge in [0, 0.05) is 25.7 Å². The number of nitrogens with one attached hydrogen (secondary N) is 1. The Balaban J connectivity index is 1.27. The van der Waals surface area contributed by atoms with E-state index in [9.17, 15) is 13.2 Å². The van der Waals surface area contributed by atoms with Crippen LogP contribution in [0.4, 0.5) is 0 Å². The van der Waals surface area contributed by atoms with Crippen molar-refractivity contribution < 1.29 is 22.7 Å². The molecule has 4 rings (SSSR count). The number of nitrogens with zero attached hydrogens (tertiary/aromatic N) is 1. The summed E-state index contributed by atoms with van der Waals surface area (Å²) in [5.41, 5.74) is 3.03. The van der Waals surface area contributed by atoms with Crippen LogP contribution in [0.2, 0.25) is 0 Å². The van der Waals surface area contributed by atoms with Crippen LogP contribution in [0, 0.1) is 0 Å². The van der Waals surface area contributed by atoms with Gasteiger partial charge in [-0.1, -0.05) is 30.3 Å². The molecule has 2 aliphatic heterocycles. The first-order valence-electron chi connectivity index (χ1n) is 9.41. The summed E-state index contributed by atoms with van der Waals surface area (Å²) in [5.74, 6) is 0.847. The van der Waals surface area contributed by atoms with E-state index in [0.717, 1.165) is 11.1 Å². The Morgan fingerprint density at radius 2 is 1.90 bits per heavy atom. The Labute approximate surface area is 170 Å². The van der Waals surface area contributed by atoms with Crippen LogP contribution in [-0.4, -0.2) is 44.3 Å². The number of carbonyl (C=O) groups excluding carboxylic acids is 1. The molecule has 0 radical (unpaired) electrons. The van der Waals surface area contributed by atoms with Crippen LogP contribution in [0.1, 0.15) is 16.7 Å². The van der Waals surface area contributed by atoms with Gasteiger partial charge in [0.15, 0.2) is 11.5 Å². The molecule has 0 saturated carbocycles. The van der Waals surface area contributed by atoms with Crippen LogP contribution in [0.25, 0.3) is 6.08 Å². The fraction of sp³-hybridized carbons (Fsp3) is 0.286. The molecule has 0 bridgehead atoms. The van der Waals surface area contributed by atoms with Crippen molar-refractivity contribution in [3.8, 4) is 11.5 Å². The van der Waals surface area contributed by atoms with Crippen molar-refractivity contribution in [3.63, 3.8) is 0 Å². The number of amides is 1. The van der Waals surface area contributed by atoms with E-state index in [1.807, 2.05) is 30.3 Å². The van der Waals surface area contributed by atoms with Crippen LogP contribution in [0.15, 0.2) is 48.5 Å². The third-order valence-corrected chi connectivity index (χ3v) is 6.79. The molecule has 0 aromatic heterocycles. The summed E-state index contributed by atoms with van der Waals surface area (Å²) in [4.78, 5) is 12.0. The van der Waals surface area contributed by atoms with Gasteiger partial charge in [0.1, 0.15) is 0 Å². The zero-order chi connectivity index (χ0) is 20.3. The minimum atomic E-state index is -3.43. The zero-order valence-electron chi connectivity index (χ0n) is 15.8. The van der Waals surface area contributed by atoms with E-state index in [4.69, 9.17) is 9.47 Å². The molecule has 0 spiro atoms. The first-order valence-corrected chi connectivity index (χ1v) is 11.0. The van der Waals surface area contributed by atoms with Crippen molar-refractivity contribution in [1.29, 1.82) is 0 Å². The maximum atomic E-state index is 12.6. The molecule has 2 aromatic carbocycles. The van der Waals surface area contributed by atoms with Gasteiger partial charge >= 0.3 is 0 Å². The molecule has 0 saturated heterocycles. The molecule has 29 heavy (non-hydrogen) atoms. The lowest BCUT2D eigenvalue weighted by Crippen LogP contribution is -2.40. The Hall–Kier alpha value is -2.84. The van der Waals surface area contributed by atoms with E-state index < -0.39 is 10.0 Å². The molecule has 2 heterocycles. The Bertz CT molecular complexity index is 1050. The first kappa shape index (κ1) is 19.5. The van der Waals surface area contributed by atoms with Gasteiger partial charge in [0.05, 0.1) is 5.75 Å². The average molecular weight is 414 g/mol. The molecule has 8 heteroatoms. The summed E-state index contributed by atoms with van der Waals surface area (Å²) in [5, 5.41) is 2.63. The molecule has 0 atom stereocenters. The minimum absolute atomic E-state index is 0.0603. The number of sulfonamides is 1. The molecule has 1 amide bonds. The maximum Gasteiger partial charge on any atom is 0.244 e. The van der Waals surface area contributed by atoms with Crippen molar-refractivity contribution in [2.75, 3.05) is 25.6 Å². The molecular formula is C21H22N2O5S. The van der Waals surface area contributed by atoms with Gasteiger partial charge in [0.2, 0.25) is 22.7 Å².